The van der Waals surface area contributed by atoms with Crippen molar-refractivity contribution in [2.45, 2.75) is 83.3 Å². The number of carbonyl (C=O) groups excluding carboxylic acids is 1. The number of carbonyl (C=O) groups is 1. The van der Waals surface area contributed by atoms with Gasteiger partial charge in [0.1, 0.15) is 0 Å². The molecule has 26 heavy (non-hydrogen) atoms. The van der Waals surface area contributed by atoms with Crippen LogP contribution >= 0.6 is 0 Å². The van der Waals surface area contributed by atoms with Gasteiger partial charge in [0.25, 0.3) is 0 Å². The summed E-state index contributed by atoms with van der Waals surface area (Å²) in [4.78, 5) is 15.0. The van der Waals surface area contributed by atoms with Crippen molar-refractivity contribution in [2.75, 3.05) is 12.4 Å². The van der Waals surface area contributed by atoms with Crippen molar-refractivity contribution in [2.24, 2.45) is 5.92 Å². The summed E-state index contributed by atoms with van der Waals surface area (Å²) in [6, 6.07) is 9.15. The zero-order chi connectivity index (χ0) is 18.4. The molecule has 0 spiro atoms. The number of rotatable bonds is 5. The maximum absolute atomic E-state index is 12.5. The number of nitrogens with one attached hydrogen (secondary N) is 2. The van der Waals surface area contributed by atoms with Crippen LogP contribution in [0.4, 0.5) is 10.5 Å². The number of hydrogen-bond acceptors (Lipinski definition) is 2. The Bertz CT molecular complexity index is 583. The lowest BCUT2D eigenvalue weighted by Crippen LogP contribution is -2.43. The molecule has 1 aromatic rings. The Labute approximate surface area is 158 Å². The molecule has 0 saturated heterocycles. The highest BCUT2D eigenvalue weighted by molar-refractivity contribution is 5.90. The summed E-state index contributed by atoms with van der Waals surface area (Å²) in [5, 5.41) is 6.31. The van der Waals surface area contributed by atoms with Crippen LogP contribution in [0.25, 0.3) is 0 Å². The maximum Gasteiger partial charge on any atom is 0.319 e. The molecule has 2 unspecified atom stereocenters. The van der Waals surface area contributed by atoms with Gasteiger partial charge in [-0.2, -0.15) is 0 Å². The van der Waals surface area contributed by atoms with E-state index >= 15 is 0 Å². The fourth-order valence-corrected chi connectivity index (χ4v) is 4.56. The molecule has 0 aromatic heterocycles. The number of amides is 2. The lowest BCUT2D eigenvalue weighted by atomic mass is 9.86. The lowest BCUT2D eigenvalue weighted by molar-refractivity contribution is 0.185. The molecule has 2 aliphatic carbocycles. The fraction of sp³-hybridized carbons (Fsp3) is 0.682. The van der Waals surface area contributed by atoms with Crippen LogP contribution < -0.4 is 10.6 Å². The molecule has 3 rings (SSSR count). The zero-order valence-corrected chi connectivity index (χ0v) is 16.5. The molecule has 0 heterocycles. The van der Waals surface area contributed by atoms with Crippen LogP contribution in [0.15, 0.2) is 24.3 Å². The smallest absolute Gasteiger partial charge is 0.319 e. The van der Waals surface area contributed by atoms with Crippen molar-refractivity contribution in [1.82, 2.24) is 10.2 Å². The second-order valence-electron chi connectivity index (χ2n) is 8.33. The molecule has 1 aromatic carbocycles. The van der Waals surface area contributed by atoms with Crippen LogP contribution in [0.1, 0.15) is 70.3 Å². The highest BCUT2D eigenvalue weighted by Gasteiger charge is 2.23. The molecule has 2 atom stereocenters. The van der Waals surface area contributed by atoms with E-state index in [-0.39, 0.29) is 6.03 Å². The number of benzene rings is 1. The third-order valence-corrected chi connectivity index (χ3v) is 6.31. The summed E-state index contributed by atoms with van der Waals surface area (Å²) in [5.74, 6) is 0.571. The molecule has 144 valence electrons. The van der Waals surface area contributed by atoms with Crippen molar-refractivity contribution in [1.29, 1.82) is 0 Å². The fourth-order valence-electron chi connectivity index (χ4n) is 4.56. The molecular formula is C22H35N3O. The Morgan fingerprint density at radius 2 is 1.73 bits per heavy atom. The quantitative estimate of drug-likeness (QED) is 0.765. The van der Waals surface area contributed by atoms with E-state index in [1.807, 2.05) is 12.1 Å². The first kappa shape index (κ1) is 19.2. The van der Waals surface area contributed by atoms with Gasteiger partial charge in [0.15, 0.2) is 0 Å². The average Bonchev–Trinajstić information content (AvgIpc) is 2.66. The summed E-state index contributed by atoms with van der Waals surface area (Å²) >= 11 is 0. The lowest BCUT2D eigenvalue weighted by Gasteiger charge is -2.32. The number of nitrogens with zero attached hydrogens (tertiary/aromatic N) is 1. The standard InChI is InChI=1S/C22H35N3O/c1-17-10-6-8-14-20(17)23-22(26)24-21-15-9-7-11-18(21)16-25(2)19-12-4-3-5-13-19/h7,9,11,15,17,19-20H,3-6,8,10,12-14,16H2,1-2H3,(H2,23,24,26). The van der Waals surface area contributed by atoms with E-state index in [2.05, 4.69) is 41.6 Å². The van der Waals surface area contributed by atoms with E-state index in [0.29, 0.717) is 18.0 Å². The second kappa shape index (κ2) is 9.40. The van der Waals surface area contributed by atoms with Gasteiger partial charge in [0.2, 0.25) is 0 Å². The van der Waals surface area contributed by atoms with Gasteiger partial charge in [0.05, 0.1) is 0 Å². The minimum absolute atomic E-state index is 0.0588. The first-order valence-electron chi connectivity index (χ1n) is 10.5. The summed E-state index contributed by atoms with van der Waals surface area (Å²) in [6.07, 6.45) is 11.5. The van der Waals surface area contributed by atoms with E-state index in [0.717, 1.165) is 18.7 Å². The van der Waals surface area contributed by atoms with E-state index in [9.17, 15) is 4.79 Å². The van der Waals surface area contributed by atoms with E-state index < -0.39 is 0 Å². The Morgan fingerprint density at radius 3 is 2.50 bits per heavy atom. The third-order valence-electron chi connectivity index (χ3n) is 6.31. The molecule has 4 heteroatoms. The van der Waals surface area contributed by atoms with Gasteiger partial charge in [-0.3, -0.25) is 4.90 Å². The topological polar surface area (TPSA) is 44.4 Å². The molecule has 4 nitrogen and oxygen atoms in total. The second-order valence-corrected chi connectivity index (χ2v) is 8.33. The maximum atomic E-state index is 12.5. The predicted octanol–water partition coefficient (Wildman–Crippen LogP) is 5.15. The van der Waals surface area contributed by atoms with Crippen molar-refractivity contribution < 1.29 is 4.79 Å². The summed E-state index contributed by atoms with van der Waals surface area (Å²) in [7, 11) is 2.22. The van der Waals surface area contributed by atoms with Crippen molar-refractivity contribution in [3.8, 4) is 0 Å². The Morgan fingerprint density at radius 1 is 1.04 bits per heavy atom. The summed E-state index contributed by atoms with van der Waals surface area (Å²) < 4.78 is 0. The zero-order valence-electron chi connectivity index (χ0n) is 16.5. The monoisotopic (exact) mass is 357 g/mol. The normalized spacial score (nSPS) is 24.4. The Balaban J connectivity index is 1.58. The first-order chi connectivity index (χ1) is 12.6. The highest BCUT2D eigenvalue weighted by Crippen LogP contribution is 2.26. The van der Waals surface area contributed by atoms with Crippen molar-refractivity contribution in [3.63, 3.8) is 0 Å². The van der Waals surface area contributed by atoms with Gasteiger partial charge in [-0.05, 0) is 50.3 Å². The van der Waals surface area contributed by atoms with Crippen LogP contribution in [-0.4, -0.2) is 30.1 Å². The number of hydrogen-bond donors (Lipinski definition) is 2. The molecule has 2 fully saturated rings. The van der Waals surface area contributed by atoms with Crippen molar-refractivity contribution >= 4 is 11.7 Å². The van der Waals surface area contributed by atoms with Gasteiger partial charge in [-0.1, -0.05) is 57.2 Å². The molecule has 0 radical (unpaired) electrons. The average molecular weight is 358 g/mol. The van der Waals surface area contributed by atoms with Gasteiger partial charge >= 0.3 is 6.03 Å². The number of para-hydroxylation sites is 1. The number of anilines is 1. The highest BCUT2D eigenvalue weighted by atomic mass is 16.2. The Kier molecular flexibility index (Phi) is 6.95. The van der Waals surface area contributed by atoms with Gasteiger partial charge in [-0.25, -0.2) is 4.79 Å². The third kappa shape index (κ3) is 5.23. The first-order valence-corrected chi connectivity index (χ1v) is 10.5. The van der Waals surface area contributed by atoms with Crippen LogP contribution in [0.5, 0.6) is 0 Å². The van der Waals surface area contributed by atoms with Gasteiger partial charge in [0, 0.05) is 24.3 Å². The molecule has 2 N–H and O–H groups in total. The van der Waals surface area contributed by atoms with E-state index in [4.69, 9.17) is 0 Å². The predicted molar refractivity (Wildman–Crippen MR) is 108 cm³/mol. The largest absolute Gasteiger partial charge is 0.335 e. The molecule has 2 amide bonds. The Hall–Kier alpha value is -1.55. The van der Waals surface area contributed by atoms with Crippen LogP contribution in [0.3, 0.4) is 0 Å². The van der Waals surface area contributed by atoms with Crippen LogP contribution in [0.2, 0.25) is 0 Å². The molecule has 0 bridgehead atoms. The van der Waals surface area contributed by atoms with Crippen molar-refractivity contribution in [3.05, 3.63) is 29.8 Å². The molecule has 2 aliphatic rings. The van der Waals surface area contributed by atoms with E-state index in [1.54, 1.807) is 0 Å². The molecular weight excluding hydrogens is 322 g/mol. The summed E-state index contributed by atoms with van der Waals surface area (Å²) in [6.45, 7) is 3.14. The molecule has 2 saturated carbocycles. The van der Waals surface area contributed by atoms with Gasteiger partial charge < -0.3 is 10.6 Å². The van der Waals surface area contributed by atoms with Crippen LogP contribution in [0, 0.1) is 5.92 Å². The molecule has 0 aliphatic heterocycles. The van der Waals surface area contributed by atoms with E-state index in [1.165, 1.54) is 56.9 Å². The minimum Gasteiger partial charge on any atom is -0.335 e. The number of urea groups is 1. The van der Waals surface area contributed by atoms with Crippen LogP contribution in [-0.2, 0) is 6.54 Å². The summed E-state index contributed by atoms with van der Waals surface area (Å²) in [5.41, 5.74) is 2.14. The SMILES string of the molecule is CC1CCCCC1NC(=O)Nc1ccccc1CN(C)C1CCCCC1. The minimum atomic E-state index is -0.0588. The van der Waals surface area contributed by atoms with Gasteiger partial charge in [-0.15, -0.1) is 0 Å².